The van der Waals surface area contributed by atoms with Crippen LogP contribution in [0.25, 0.3) is 0 Å². The van der Waals surface area contributed by atoms with Crippen LogP contribution in [-0.2, 0) is 10.8 Å². The number of hydrogen-bond donors (Lipinski definition) is 1. The highest BCUT2D eigenvalue weighted by molar-refractivity contribution is 7.85. The van der Waals surface area contributed by atoms with Crippen LogP contribution in [0.4, 0.5) is 5.69 Å². The predicted octanol–water partition coefficient (Wildman–Crippen LogP) is 0.961. The average Bonchev–Trinajstić information content (AvgIpc) is 2.19. The van der Waals surface area contributed by atoms with Crippen molar-refractivity contribution >= 4 is 16.5 Å². The van der Waals surface area contributed by atoms with Crippen molar-refractivity contribution in [2.75, 3.05) is 29.5 Å². The molecule has 1 N–H and O–H groups in total. The molecule has 0 atom stereocenters. The molecule has 3 nitrogen and oxygen atoms in total. The van der Waals surface area contributed by atoms with E-state index >= 15 is 0 Å². The molecular formula is C10H13NO2S. The number of benzene rings is 1. The number of anilines is 1. The van der Waals surface area contributed by atoms with Crippen molar-refractivity contribution < 1.29 is 9.32 Å². The number of phenols is 1. The summed E-state index contributed by atoms with van der Waals surface area (Å²) >= 11 is 0. The maximum Gasteiger partial charge on any atom is 0.117 e. The second kappa shape index (κ2) is 4.00. The molecule has 0 aromatic heterocycles. The van der Waals surface area contributed by atoms with Gasteiger partial charge in [0.1, 0.15) is 5.75 Å². The number of nitrogens with zero attached hydrogens (tertiary/aromatic N) is 1. The van der Waals surface area contributed by atoms with E-state index in [1.165, 1.54) is 0 Å². The van der Waals surface area contributed by atoms with Crippen molar-refractivity contribution in [3.05, 3.63) is 24.3 Å². The molecule has 2 rings (SSSR count). The normalized spacial score (nSPS) is 18.4. The molecule has 1 aliphatic heterocycles. The fraction of sp³-hybridized carbons (Fsp3) is 0.400. The van der Waals surface area contributed by atoms with Gasteiger partial charge in [-0.15, -0.1) is 0 Å². The summed E-state index contributed by atoms with van der Waals surface area (Å²) < 4.78 is 11.1. The van der Waals surface area contributed by atoms with E-state index in [2.05, 4.69) is 4.90 Å². The van der Waals surface area contributed by atoms with Gasteiger partial charge in [-0.2, -0.15) is 0 Å². The van der Waals surface area contributed by atoms with Crippen LogP contribution in [0.5, 0.6) is 5.75 Å². The van der Waals surface area contributed by atoms with Crippen LogP contribution < -0.4 is 4.90 Å². The van der Waals surface area contributed by atoms with Gasteiger partial charge in [-0.25, -0.2) is 0 Å². The molecule has 4 heteroatoms. The monoisotopic (exact) mass is 211 g/mol. The largest absolute Gasteiger partial charge is 0.508 e. The van der Waals surface area contributed by atoms with Gasteiger partial charge in [0.25, 0.3) is 0 Å². The molecule has 0 amide bonds. The zero-order chi connectivity index (χ0) is 9.97. The van der Waals surface area contributed by atoms with Crippen LogP contribution in [0, 0.1) is 0 Å². The van der Waals surface area contributed by atoms with Crippen molar-refractivity contribution in [1.82, 2.24) is 0 Å². The van der Waals surface area contributed by atoms with Gasteiger partial charge >= 0.3 is 0 Å². The van der Waals surface area contributed by atoms with Gasteiger partial charge in [0.2, 0.25) is 0 Å². The standard InChI is InChI=1S/C10H13NO2S/c12-10-3-1-2-9(8-10)11-4-6-14(13)7-5-11/h1-3,8,12H,4-7H2. The third-order valence-electron chi connectivity index (χ3n) is 2.37. The van der Waals surface area contributed by atoms with Crippen molar-refractivity contribution in [3.63, 3.8) is 0 Å². The molecule has 0 bridgehead atoms. The number of aromatic hydroxyl groups is 1. The van der Waals surface area contributed by atoms with Crippen molar-refractivity contribution in [3.8, 4) is 5.75 Å². The van der Waals surface area contributed by atoms with E-state index in [0.717, 1.165) is 30.3 Å². The van der Waals surface area contributed by atoms with Crippen molar-refractivity contribution in [1.29, 1.82) is 0 Å². The summed E-state index contributed by atoms with van der Waals surface area (Å²) in [6, 6.07) is 7.20. The highest BCUT2D eigenvalue weighted by Gasteiger charge is 2.15. The average molecular weight is 211 g/mol. The maximum absolute atomic E-state index is 11.1. The molecule has 0 unspecified atom stereocenters. The van der Waals surface area contributed by atoms with Crippen molar-refractivity contribution in [2.24, 2.45) is 0 Å². The van der Waals surface area contributed by atoms with E-state index in [-0.39, 0.29) is 5.75 Å². The van der Waals surface area contributed by atoms with Gasteiger partial charge in [-0.1, -0.05) is 6.07 Å². The first-order valence-electron chi connectivity index (χ1n) is 4.65. The third kappa shape index (κ3) is 2.07. The lowest BCUT2D eigenvalue weighted by molar-refractivity contribution is 0.475. The first-order valence-corrected chi connectivity index (χ1v) is 6.13. The Morgan fingerprint density at radius 3 is 2.64 bits per heavy atom. The lowest BCUT2D eigenvalue weighted by Gasteiger charge is -2.28. The van der Waals surface area contributed by atoms with E-state index in [9.17, 15) is 9.32 Å². The SMILES string of the molecule is O=S1CCN(c2cccc(O)c2)CC1. The topological polar surface area (TPSA) is 40.5 Å². The maximum atomic E-state index is 11.1. The zero-order valence-electron chi connectivity index (χ0n) is 7.85. The van der Waals surface area contributed by atoms with Gasteiger partial charge in [0.15, 0.2) is 0 Å². The Kier molecular flexibility index (Phi) is 2.72. The molecule has 14 heavy (non-hydrogen) atoms. The minimum absolute atomic E-state index is 0.286. The molecule has 1 fully saturated rings. The summed E-state index contributed by atoms with van der Waals surface area (Å²) in [7, 11) is -0.644. The van der Waals surface area contributed by atoms with Crippen molar-refractivity contribution in [2.45, 2.75) is 0 Å². The highest BCUT2D eigenvalue weighted by atomic mass is 32.2. The van der Waals surface area contributed by atoms with Gasteiger partial charge in [-0.3, -0.25) is 4.21 Å². The van der Waals surface area contributed by atoms with E-state index in [1.807, 2.05) is 12.1 Å². The first kappa shape index (κ1) is 9.52. The van der Waals surface area contributed by atoms with Crippen LogP contribution in [0.15, 0.2) is 24.3 Å². The van der Waals surface area contributed by atoms with Gasteiger partial charge in [-0.05, 0) is 12.1 Å². The van der Waals surface area contributed by atoms with Crippen LogP contribution in [0.3, 0.4) is 0 Å². The molecule has 0 saturated carbocycles. The minimum atomic E-state index is -0.644. The molecule has 1 heterocycles. The van der Waals surface area contributed by atoms with E-state index < -0.39 is 10.8 Å². The fourth-order valence-corrected chi connectivity index (χ4v) is 2.64. The Hall–Kier alpha value is -1.03. The summed E-state index contributed by atoms with van der Waals surface area (Å²) in [4.78, 5) is 2.15. The van der Waals surface area contributed by atoms with E-state index in [1.54, 1.807) is 12.1 Å². The Bertz CT molecular complexity index is 344. The Morgan fingerprint density at radius 2 is 2.00 bits per heavy atom. The Morgan fingerprint density at radius 1 is 1.29 bits per heavy atom. The van der Waals surface area contributed by atoms with E-state index in [0.29, 0.717) is 0 Å². The minimum Gasteiger partial charge on any atom is -0.508 e. The second-order valence-electron chi connectivity index (χ2n) is 3.35. The summed E-state index contributed by atoms with van der Waals surface area (Å²) in [5.74, 6) is 1.75. The summed E-state index contributed by atoms with van der Waals surface area (Å²) in [6.45, 7) is 1.63. The predicted molar refractivity (Wildman–Crippen MR) is 58.2 cm³/mol. The van der Waals surface area contributed by atoms with E-state index in [4.69, 9.17) is 0 Å². The summed E-state index contributed by atoms with van der Waals surface area (Å²) in [5.41, 5.74) is 1.02. The first-order chi connectivity index (χ1) is 6.75. The number of hydrogen-bond acceptors (Lipinski definition) is 3. The van der Waals surface area contributed by atoms with Crippen LogP contribution in [0.2, 0.25) is 0 Å². The van der Waals surface area contributed by atoms with Gasteiger partial charge < -0.3 is 10.0 Å². The molecule has 0 spiro atoms. The molecule has 1 aromatic rings. The van der Waals surface area contributed by atoms with Crippen LogP contribution >= 0.6 is 0 Å². The molecule has 1 saturated heterocycles. The molecule has 0 aliphatic carbocycles. The summed E-state index contributed by atoms with van der Waals surface area (Å²) in [6.07, 6.45) is 0. The summed E-state index contributed by atoms with van der Waals surface area (Å²) in [5, 5.41) is 9.31. The smallest absolute Gasteiger partial charge is 0.117 e. The quantitative estimate of drug-likeness (QED) is 0.752. The fourth-order valence-electron chi connectivity index (χ4n) is 1.59. The molecular weight excluding hydrogens is 198 g/mol. The molecule has 1 aliphatic rings. The lowest BCUT2D eigenvalue weighted by Crippen LogP contribution is -2.37. The number of phenolic OH excluding ortho intramolecular Hbond substituents is 1. The lowest BCUT2D eigenvalue weighted by atomic mass is 10.2. The van der Waals surface area contributed by atoms with Gasteiger partial charge in [0, 0.05) is 47.1 Å². The second-order valence-corrected chi connectivity index (χ2v) is 5.05. The van der Waals surface area contributed by atoms with Gasteiger partial charge in [0.05, 0.1) is 0 Å². The highest BCUT2D eigenvalue weighted by Crippen LogP contribution is 2.20. The number of rotatable bonds is 1. The Labute approximate surface area is 85.8 Å². The molecule has 0 radical (unpaired) electrons. The molecule has 76 valence electrons. The third-order valence-corrected chi connectivity index (χ3v) is 3.65. The van der Waals surface area contributed by atoms with Crippen LogP contribution in [0.1, 0.15) is 0 Å². The molecule has 1 aromatic carbocycles. The van der Waals surface area contributed by atoms with Crippen LogP contribution in [-0.4, -0.2) is 33.9 Å². The zero-order valence-corrected chi connectivity index (χ0v) is 8.67. The Balaban J connectivity index is 2.12.